The lowest BCUT2D eigenvalue weighted by Crippen LogP contribution is -2.22. The summed E-state index contributed by atoms with van der Waals surface area (Å²) in [5.41, 5.74) is 2.32. The molecule has 0 radical (unpaired) electrons. The molecule has 0 aliphatic rings. The maximum atomic E-state index is 13.7. The van der Waals surface area contributed by atoms with Gasteiger partial charge in [0.2, 0.25) is 0 Å². The van der Waals surface area contributed by atoms with Crippen LogP contribution in [0.2, 0.25) is 0 Å². The Morgan fingerprint density at radius 3 is 2.60 bits per heavy atom. The molecule has 0 saturated carbocycles. The fourth-order valence-corrected chi connectivity index (χ4v) is 3.12. The lowest BCUT2D eigenvalue weighted by atomic mass is 10.1. The summed E-state index contributed by atoms with van der Waals surface area (Å²) in [7, 11) is 0. The lowest BCUT2D eigenvalue weighted by Gasteiger charge is -2.15. The Kier molecular flexibility index (Phi) is 5.28. The number of phenols is 1. The summed E-state index contributed by atoms with van der Waals surface area (Å²) in [5, 5.41) is 23.0. The van der Waals surface area contributed by atoms with Gasteiger partial charge in [0.15, 0.2) is 22.8 Å². The molecule has 3 N–H and O–H groups in total. The summed E-state index contributed by atoms with van der Waals surface area (Å²) < 4.78 is 15.6. The molecule has 0 amide bonds. The number of aromatic hydroxyl groups is 1. The van der Waals surface area contributed by atoms with Gasteiger partial charge in [-0.25, -0.2) is 19.3 Å². The summed E-state index contributed by atoms with van der Waals surface area (Å²) in [6.45, 7) is 4.00. The van der Waals surface area contributed by atoms with E-state index >= 15 is 0 Å². The molecule has 4 rings (SSSR count). The average Bonchev–Trinajstić information content (AvgIpc) is 3.14. The van der Waals surface area contributed by atoms with E-state index in [1.165, 1.54) is 12.3 Å². The topological polar surface area (TPSA) is 109 Å². The molecular weight excluding hydrogens is 387 g/mol. The van der Waals surface area contributed by atoms with Crippen LogP contribution in [0.25, 0.3) is 22.6 Å². The Balaban J connectivity index is 1.72. The maximum Gasteiger partial charge on any atom is 0.166 e. The molecule has 0 saturated heterocycles. The third-order valence-corrected chi connectivity index (χ3v) is 4.61. The van der Waals surface area contributed by atoms with Gasteiger partial charge in [0.05, 0.1) is 12.5 Å². The van der Waals surface area contributed by atoms with Crippen molar-refractivity contribution in [2.24, 2.45) is 0 Å². The molecule has 0 aliphatic heterocycles. The predicted octanol–water partition coefficient (Wildman–Crippen LogP) is 3.29. The van der Waals surface area contributed by atoms with Crippen molar-refractivity contribution >= 4 is 17.0 Å². The fraction of sp³-hybridized carbons (Fsp3) is 0.238. The highest BCUT2D eigenvalue weighted by atomic mass is 19.1. The average molecular weight is 408 g/mol. The number of halogens is 1. The van der Waals surface area contributed by atoms with Crippen molar-refractivity contribution in [3.05, 3.63) is 60.4 Å². The van der Waals surface area contributed by atoms with Crippen molar-refractivity contribution in [3.63, 3.8) is 0 Å². The van der Waals surface area contributed by atoms with Crippen LogP contribution in [-0.2, 0) is 6.42 Å². The molecule has 9 heteroatoms. The number of aromatic nitrogens is 5. The number of nitrogens with one attached hydrogen (secondary N) is 1. The Hall–Kier alpha value is -3.59. The highest BCUT2D eigenvalue weighted by Crippen LogP contribution is 2.26. The number of benzene rings is 1. The van der Waals surface area contributed by atoms with Crippen molar-refractivity contribution in [1.82, 2.24) is 24.5 Å². The van der Waals surface area contributed by atoms with E-state index in [-0.39, 0.29) is 24.0 Å². The van der Waals surface area contributed by atoms with Crippen LogP contribution in [0.3, 0.4) is 0 Å². The summed E-state index contributed by atoms with van der Waals surface area (Å²) >= 11 is 0. The molecule has 1 aromatic carbocycles. The summed E-state index contributed by atoms with van der Waals surface area (Å²) in [4.78, 5) is 17.3. The number of anilines is 1. The second-order valence-corrected chi connectivity index (χ2v) is 7.24. The molecule has 4 aromatic rings. The van der Waals surface area contributed by atoms with Gasteiger partial charge >= 0.3 is 0 Å². The van der Waals surface area contributed by atoms with E-state index in [1.54, 1.807) is 30.6 Å². The number of rotatable bonds is 6. The molecule has 3 heterocycles. The molecule has 0 aliphatic carbocycles. The molecule has 1 atom stereocenters. The van der Waals surface area contributed by atoms with Crippen LogP contribution < -0.4 is 5.32 Å². The highest BCUT2D eigenvalue weighted by molar-refractivity contribution is 5.85. The van der Waals surface area contributed by atoms with Crippen LogP contribution in [0.4, 0.5) is 10.2 Å². The van der Waals surface area contributed by atoms with E-state index < -0.39 is 12.0 Å². The Labute approximate surface area is 172 Å². The number of imidazole rings is 1. The van der Waals surface area contributed by atoms with Gasteiger partial charge in [-0.3, -0.25) is 4.98 Å². The van der Waals surface area contributed by atoms with Crippen LogP contribution in [0.5, 0.6) is 5.75 Å². The smallest absolute Gasteiger partial charge is 0.166 e. The number of fused-ring (bicyclic) bond motifs is 1. The van der Waals surface area contributed by atoms with Crippen molar-refractivity contribution in [3.8, 4) is 17.1 Å². The first-order chi connectivity index (χ1) is 14.4. The number of aliphatic hydroxyl groups excluding tert-OH is 1. The molecule has 154 valence electrons. The second kappa shape index (κ2) is 8.03. The first kappa shape index (κ1) is 19.7. The SMILES string of the molecule is CC(C)n1cnc2c(NC(O)Cc3ccc(O)cc3)nc(-c3cncc(F)c3)nc21. The highest BCUT2D eigenvalue weighted by Gasteiger charge is 2.18. The van der Waals surface area contributed by atoms with Gasteiger partial charge < -0.3 is 20.1 Å². The third-order valence-electron chi connectivity index (χ3n) is 4.61. The quantitative estimate of drug-likeness (QED) is 0.420. The largest absolute Gasteiger partial charge is 0.508 e. The van der Waals surface area contributed by atoms with Crippen LogP contribution in [0.1, 0.15) is 25.5 Å². The molecule has 1 unspecified atom stereocenters. The van der Waals surface area contributed by atoms with Gasteiger partial charge in [0, 0.05) is 24.2 Å². The number of aliphatic hydroxyl groups is 1. The van der Waals surface area contributed by atoms with E-state index in [9.17, 15) is 14.6 Å². The molecule has 0 bridgehead atoms. The second-order valence-electron chi connectivity index (χ2n) is 7.24. The molecule has 0 fully saturated rings. The van der Waals surface area contributed by atoms with E-state index in [0.717, 1.165) is 11.8 Å². The number of hydrogen-bond donors (Lipinski definition) is 3. The van der Waals surface area contributed by atoms with Crippen LogP contribution in [0.15, 0.2) is 49.1 Å². The Morgan fingerprint density at radius 2 is 1.90 bits per heavy atom. The van der Waals surface area contributed by atoms with Crippen LogP contribution in [-0.4, -0.2) is 40.9 Å². The maximum absolute atomic E-state index is 13.7. The predicted molar refractivity (Wildman–Crippen MR) is 110 cm³/mol. The summed E-state index contributed by atoms with van der Waals surface area (Å²) in [6.07, 6.45) is 3.58. The number of hydrogen-bond acceptors (Lipinski definition) is 7. The van der Waals surface area contributed by atoms with Crippen LogP contribution >= 0.6 is 0 Å². The van der Waals surface area contributed by atoms with Crippen molar-refractivity contribution < 1.29 is 14.6 Å². The first-order valence-electron chi connectivity index (χ1n) is 9.48. The van der Waals surface area contributed by atoms with Gasteiger partial charge in [0.25, 0.3) is 0 Å². The Bertz CT molecular complexity index is 1180. The number of pyridine rings is 1. The number of nitrogens with zero attached hydrogens (tertiary/aromatic N) is 5. The fourth-order valence-electron chi connectivity index (χ4n) is 3.12. The van der Waals surface area contributed by atoms with Crippen LogP contribution in [0, 0.1) is 5.82 Å². The zero-order valence-corrected chi connectivity index (χ0v) is 16.5. The third kappa shape index (κ3) is 4.06. The number of phenolic OH excluding ortho intramolecular Hbond substituents is 1. The zero-order valence-electron chi connectivity index (χ0n) is 16.5. The van der Waals surface area contributed by atoms with Gasteiger partial charge in [-0.05, 0) is 37.6 Å². The Morgan fingerprint density at radius 1 is 1.13 bits per heavy atom. The molecule has 3 aromatic heterocycles. The minimum Gasteiger partial charge on any atom is -0.508 e. The minimum absolute atomic E-state index is 0.0955. The van der Waals surface area contributed by atoms with E-state index in [0.29, 0.717) is 22.5 Å². The van der Waals surface area contributed by atoms with Gasteiger partial charge in [0.1, 0.15) is 17.8 Å². The standard InChI is InChI=1S/C21H21FN6O2/c1-12(2)28-11-24-18-20(25-17(30)7-13-3-5-16(29)6-4-13)26-19(27-21(18)28)14-8-15(22)10-23-9-14/h3-6,8-12,17,29-30H,7H2,1-2H3,(H,25,26,27). The van der Waals surface area contributed by atoms with Gasteiger partial charge in [-0.2, -0.15) is 0 Å². The van der Waals surface area contributed by atoms with Gasteiger partial charge in [-0.1, -0.05) is 12.1 Å². The van der Waals surface area contributed by atoms with E-state index in [2.05, 4.69) is 25.3 Å². The normalized spacial score (nSPS) is 12.4. The molecule has 0 spiro atoms. The molecule has 30 heavy (non-hydrogen) atoms. The first-order valence-corrected chi connectivity index (χ1v) is 9.48. The molecule has 8 nitrogen and oxygen atoms in total. The van der Waals surface area contributed by atoms with Gasteiger partial charge in [-0.15, -0.1) is 0 Å². The summed E-state index contributed by atoms with van der Waals surface area (Å²) in [5.74, 6) is 0.280. The zero-order chi connectivity index (χ0) is 21.3. The lowest BCUT2D eigenvalue weighted by molar-refractivity contribution is 0.204. The van der Waals surface area contributed by atoms with E-state index in [4.69, 9.17) is 0 Å². The van der Waals surface area contributed by atoms with Crippen molar-refractivity contribution in [2.75, 3.05) is 5.32 Å². The van der Waals surface area contributed by atoms with Crippen molar-refractivity contribution in [2.45, 2.75) is 32.5 Å². The molecular formula is C21H21FN6O2. The van der Waals surface area contributed by atoms with Crippen molar-refractivity contribution in [1.29, 1.82) is 0 Å². The van der Waals surface area contributed by atoms with E-state index in [1.807, 2.05) is 18.4 Å². The minimum atomic E-state index is -0.963. The summed E-state index contributed by atoms with van der Waals surface area (Å²) in [6, 6.07) is 7.98. The monoisotopic (exact) mass is 408 g/mol.